The van der Waals surface area contributed by atoms with Gasteiger partial charge in [0.1, 0.15) is 0 Å². The van der Waals surface area contributed by atoms with Crippen molar-refractivity contribution in [1.29, 1.82) is 0 Å². The van der Waals surface area contributed by atoms with Gasteiger partial charge in [0.15, 0.2) is 12.6 Å². The molecule has 0 N–H and O–H groups in total. The van der Waals surface area contributed by atoms with Crippen LogP contribution >= 0.6 is 90.7 Å². The van der Waals surface area contributed by atoms with E-state index in [4.69, 9.17) is 0 Å². The summed E-state index contributed by atoms with van der Waals surface area (Å²) in [6, 6.07) is 56.1. The van der Waals surface area contributed by atoms with Crippen LogP contribution in [-0.4, -0.2) is 12.6 Å². The lowest BCUT2D eigenvalue weighted by atomic mass is 9.65. The summed E-state index contributed by atoms with van der Waals surface area (Å²) < 4.78 is 2.99. The molecule has 12 aromatic rings. The molecule has 2 aliphatic carbocycles. The van der Waals surface area contributed by atoms with Crippen LogP contribution in [0.15, 0.2) is 133 Å². The third-order valence-electron chi connectivity index (χ3n) is 25.1. The quantitative estimate of drug-likeness (QED) is 0.0281. The first kappa shape index (κ1) is 86.5. The summed E-state index contributed by atoms with van der Waals surface area (Å²) in [6.07, 6.45) is 50.2. The van der Waals surface area contributed by atoms with Gasteiger partial charge in [-0.1, -0.05) is 282 Å². The van der Waals surface area contributed by atoms with E-state index in [-0.39, 0.29) is 0 Å². The Hall–Kier alpha value is -5.92. The third kappa shape index (κ3) is 19.2. The molecule has 2 nitrogen and oxygen atoms in total. The van der Waals surface area contributed by atoms with E-state index in [1.54, 1.807) is 33.8 Å². The molecule has 4 aromatic carbocycles. The van der Waals surface area contributed by atoms with Crippen molar-refractivity contribution in [2.24, 2.45) is 0 Å². The summed E-state index contributed by atoms with van der Waals surface area (Å²) in [5, 5.41) is 0. The summed E-state index contributed by atoms with van der Waals surface area (Å²) in [7, 11) is 0. The molecule has 116 heavy (non-hydrogen) atoms. The molecule has 0 unspecified atom stereocenters. The standard InChI is InChI=1S/C106H128O2S8/c1-9-17-25-33-41-73-57-74(42-34-26-18-10-2)62-81(61-73)105(82-63-75(43-35-27-19-11-3)58-76(64-82)44-36-28-20-12-4)87-69-95(93-55-53-91(111-93)89-51-49-85(71-107)109-89)113-99(87)101-97(105)103-104(115-101)98-102(116-103)100-88(70-96(114-100)94-56-54-92(112-94)90-52-50-86(72-108)110-90)106(98,83-65-77(45-37-29-21-13-5)59-78(66-83)46-38-30-22-14-6)84-67-79(47-39-31-23-15-7)60-80(68-84)48-40-32-24-16-8/h49-72H,9-48H2,1-8H3. The Morgan fingerprint density at radius 2 is 0.448 bits per heavy atom. The van der Waals surface area contributed by atoms with Crippen molar-refractivity contribution in [3.05, 3.63) is 232 Å². The van der Waals surface area contributed by atoms with Crippen LogP contribution in [0.2, 0.25) is 0 Å². The normalized spacial score (nSPS) is 13.2. The number of hydrogen-bond acceptors (Lipinski definition) is 10. The maximum atomic E-state index is 12.3. The fourth-order valence-corrected chi connectivity index (χ4v) is 28.9. The van der Waals surface area contributed by atoms with Crippen molar-refractivity contribution in [2.45, 2.75) is 323 Å². The molecule has 8 aromatic heterocycles. The van der Waals surface area contributed by atoms with Gasteiger partial charge < -0.3 is 0 Å². The number of carbonyl (C=O) groups excluding carboxylic acids is 2. The number of unbranched alkanes of at least 4 members (excludes halogenated alkanes) is 24. The SMILES string of the molecule is CCCCCCc1cc(CCCCCC)cc(C2(c3cc(CCCCCC)cc(CCCCCC)c3)c3cc(-c4ccc(-c5ccc(C=O)s5)s4)sc3-c3sc4c5c(sc4c32)-c2sc(-c3ccc(-c4ccc(C=O)s4)s3)cc2C5(c2cc(CCCCCC)cc(CCCCCC)c2)c2cc(CCCCCC)cc(CCCCCC)c2)c1. The molecular formula is C106H128O2S8. The van der Waals surface area contributed by atoms with E-state index in [2.05, 4.69) is 222 Å². The average molecular weight is 1690 g/mol. The van der Waals surface area contributed by atoms with E-state index < -0.39 is 10.8 Å². The second-order valence-corrected chi connectivity index (χ2v) is 42.6. The number of fused-ring (bicyclic) bond motifs is 9. The van der Waals surface area contributed by atoms with E-state index >= 15 is 0 Å². The summed E-state index contributed by atoms with van der Waals surface area (Å²) in [4.78, 5) is 42.0. The zero-order chi connectivity index (χ0) is 80.4. The zero-order valence-electron chi connectivity index (χ0n) is 71.2. The van der Waals surface area contributed by atoms with Crippen molar-refractivity contribution >= 4 is 113 Å². The second kappa shape index (κ2) is 42.0. The van der Waals surface area contributed by atoms with Gasteiger partial charge in [0, 0.05) is 50.1 Å². The van der Waals surface area contributed by atoms with Gasteiger partial charge in [0.25, 0.3) is 0 Å². The fourth-order valence-electron chi connectivity index (χ4n) is 19.1. The Morgan fingerprint density at radius 3 is 0.672 bits per heavy atom. The maximum Gasteiger partial charge on any atom is 0.160 e. The number of aryl methyl sites for hydroxylation is 8. The van der Waals surface area contributed by atoms with Crippen LogP contribution in [0.3, 0.4) is 0 Å². The molecule has 0 spiro atoms. The minimum absolute atomic E-state index is 0.655. The smallest absolute Gasteiger partial charge is 0.160 e. The summed E-state index contributed by atoms with van der Waals surface area (Å²) >= 11 is 15.5. The molecule has 0 radical (unpaired) electrons. The van der Waals surface area contributed by atoms with Crippen LogP contribution in [0, 0.1) is 0 Å². The van der Waals surface area contributed by atoms with E-state index in [0.29, 0.717) is 0 Å². The minimum atomic E-state index is -0.655. The fraction of sp³-hybridized carbons (Fsp3) is 0.472. The van der Waals surface area contributed by atoms with Crippen LogP contribution < -0.4 is 0 Å². The van der Waals surface area contributed by atoms with Crippen molar-refractivity contribution < 1.29 is 9.59 Å². The Labute approximate surface area is 729 Å². The number of hydrogen-bond donors (Lipinski definition) is 0. The van der Waals surface area contributed by atoms with Gasteiger partial charge in [-0.15, -0.1) is 90.7 Å². The molecule has 0 amide bonds. The Kier molecular flexibility index (Phi) is 31.3. The van der Waals surface area contributed by atoms with Gasteiger partial charge in [-0.25, -0.2) is 0 Å². The molecule has 0 atom stereocenters. The Morgan fingerprint density at radius 1 is 0.224 bits per heavy atom. The van der Waals surface area contributed by atoms with Gasteiger partial charge in [-0.05, 0) is 241 Å². The lowest BCUT2D eigenvalue weighted by Gasteiger charge is -2.35. The molecule has 8 heterocycles. The molecule has 2 aliphatic rings. The highest BCUT2D eigenvalue weighted by molar-refractivity contribution is 7.36. The van der Waals surface area contributed by atoms with Crippen LogP contribution in [0.4, 0.5) is 0 Å². The third-order valence-corrected chi connectivity index (χ3v) is 35.2. The van der Waals surface area contributed by atoms with Crippen molar-refractivity contribution in [1.82, 2.24) is 0 Å². The highest BCUT2D eigenvalue weighted by atomic mass is 32.1. The minimum Gasteiger partial charge on any atom is -0.297 e. The molecule has 612 valence electrons. The first-order valence-electron chi connectivity index (χ1n) is 45.8. The van der Waals surface area contributed by atoms with Crippen molar-refractivity contribution in [2.75, 3.05) is 0 Å². The lowest BCUT2D eigenvalue weighted by molar-refractivity contribution is 0.111. The molecule has 0 bridgehead atoms. The second-order valence-electron chi connectivity index (χ2n) is 34.1. The number of thiophene rings is 8. The maximum absolute atomic E-state index is 12.3. The predicted molar refractivity (Wildman–Crippen MR) is 517 cm³/mol. The zero-order valence-corrected chi connectivity index (χ0v) is 77.8. The van der Waals surface area contributed by atoms with Crippen LogP contribution in [-0.2, 0) is 62.2 Å². The molecule has 14 rings (SSSR count). The molecule has 0 saturated carbocycles. The molecule has 0 aliphatic heterocycles. The largest absolute Gasteiger partial charge is 0.297 e. The Balaban J connectivity index is 1.13. The van der Waals surface area contributed by atoms with E-state index in [1.807, 2.05) is 34.8 Å². The first-order valence-corrected chi connectivity index (χ1v) is 52.3. The van der Waals surface area contributed by atoms with Crippen LogP contribution in [0.1, 0.15) is 369 Å². The van der Waals surface area contributed by atoms with Crippen LogP contribution in [0.25, 0.3) is 67.9 Å². The average Bonchev–Trinajstić information content (AvgIpc) is 1.48. The van der Waals surface area contributed by atoms with E-state index in [0.717, 1.165) is 83.4 Å². The number of benzene rings is 4. The number of carbonyl (C=O) groups is 2. The topological polar surface area (TPSA) is 34.1 Å². The monoisotopic (exact) mass is 1690 g/mol. The van der Waals surface area contributed by atoms with Crippen molar-refractivity contribution in [3.63, 3.8) is 0 Å². The molecule has 0 fully saturated rings. The van der Waals surface area contributed by atoms with Gasteiger partial charge in [-0.2, -0.15) is 0 Å². The first-order chi connectivity index (χ1) is 57.0. The summed E-state index contributed by atoms with van der Waals surface area (Å²) in [6.45, 7) is 18.9. The van der Waals surface area contributed by atoms with Gasteiger partial charge in [-0.3, -0.25) is 9.59 Å². The number of aldehydes is 2. The van der Waals surface area contributed by atoms with E-state index in [9.17, 15) is 9.59 Å². The van der Waals surface area contributed by atoms with Gasteiger partial charge >= 0.3 is 0 Å². The Bertz CT molecular complexity index is 4600. The predicted octanol–water partition coefficient (Wildman–Crippen LogP) is 35.3. The molecular weight excluding hydrogens is 1560 g/mol. The summed E-state index contributed by atoms with van der Waals surface area (Å²) in [5.41, 5.74) is 22.7. The van der Waals surface area contributed by atoms with Crippen LogP contribution in [0.5, 0.6) is 0 Å². The summed E-state index contributed by atoms with van der Waals surface area (Å²) in [5.74, 6) is 0. The van der Waals surface area contributed by atoms with Crippen molar-refractivity contribution in [3.8, 4) is 58.5 Å². The van der Waals surface area contributed by atoms with Gasteiger partial charge in [0.2, 0.25) is 0 Å². The van der Waals surface area contributed by atoms with E-state index in [1.165, 1.54) is 342 Å². The molecule has 10 heteroatoms. The molecule has 0 saturated heterocycles. The van der Waals surface area contributed by atoms with Gasteiger partial charge in [0.05, 0.1) is 49.5 Å². The highest BCUT2D eigenvalue weighted by Gasteiger charge is 2.56. The lowest BCUT2D eigenvalue weighted by Crippen LogP contribution is -2.30. The highest BCUT2D eigenvalue weighted by Crippen LogP contribution is 2.71. The number of rotatable bonds is 50.